The first-order valence-electron chi connectivity index (χ1n) is 11.3. The van der Waals surface area contributed by atoms with Gasteiger partial charge in [0, 0.05) is 22.3 Å². The third-order valence-corrected chi connectivity index (χ3v) is 6.83. The third-order valence-electron chi connectivity index (χ3n) is 5.68. The molecule has 1 aliphatic rings. The molecule has 0 atom stereocenters. The average molecular weight is 490 g/mol. The van der Waals surface area contributed by atoms with Gasteiger partial charge in [-0.25, -0.2) is 9.78 Å². The first kappa shape index (κ1) is 22.8. The van der Waals surface area contributed by atoms with E-state index in [-0.39, 0.29) is 24.7 Å². The molecule has 8 nitrogen and oxygen atoms in total. The minimum atomic E-state index is -0.539. The Morgan fingerprint density at radius 1 is 1.03 bits per heavy atom. The van der Waals surface area contributed by atoms with Gasteiger partial charge in [0.05, 0.1) is 11.3 Å². The van der Waals surface area contributed by atoms with Crippen molar-refractivity contribution >= 4 is 33.9 Å². The number of hydrogen-bond acceptors (Lipinski definition) is 7. The summed E-state index contributed by atoms with van der Waals surface area (Å²) in [6.07, 6.45) is 4.07. The second-order valence-electron chi connectivity index (χ2n) is 8.19. The molecule has 1 amide bonds. The predicted molar refractivity (Wildman–Crippen MR) is 132 cm³/mol. The van der Waals surface area contributed by atoms with E-state index in [0.717, 1.165) is 31.4 Å². The Kier molecular flexibility index (Phi) is 6.58. The number of para-hydroxylation sites is 1. The second-order valence-corrected chi connectivity index (χ2v) is 9.25. The van der Waals surface area contributed by atoms with Gasteiger partial charge in [0.1, 0.15) is 12.4 Å². The number of carbonyl (C=O) groups is 2. The van der Waals surface area contributed by atoms with Crippen LogP contribution < -0.4 is 15.6 Å². The van der Waals surface area contributed by atoms with Gasteiger partial charge >= 0.3 is 5.97 Å². The van der Waals surface area contributed by atoms with Crippen LogP contribution in [0.3, 0.4) is 0 Å². The van der Waals surface area contributed by atoms with Crippen molar-refractivity contribution in [2.24, 2.45) is 0 Å². The van der Waals surface area contributed by atoms with Crippen molar-refractivity contribution in [3.05, 3.63) is 92.8 Å². The zero-order valence-corrected chi connectivity index (χ0v) is 19.7. The van der Waals surface area contributed by atoms with Crippen molar-refractivity contribution in [3.63, 3.8) is 0 Å². The van der Waals surface area contributed by atoms with E-state index in [9.17, 15) is 14.4 Å². The highest BCUT2D eigenvalue weighted by Crippen LogP contribution is 2.28. The summed E-state index contributed by atoms with van der Waals surface area (Å²) in [5.74, 6) is -0.245. The molecule has 0 aliphatic heterocycles. The molecule has 0 unspecified atom stereocenters. The number of aryl methyl sites for hydroxylation is 2. The maximum absolute atomic E-state index is 12.6. The topological polar surface area (TPSA) is 99.0 Å². The summed E-state index contributed by atoms with van der Waals surface area (Å²) >= 11 is 1.54. The summed E-state index contributed by atoms with van der Waals surface area (Å²) in [7, 11) is 0. The lowest BCUT2D eigenvalue weighted by molar-refractivity contribution is -0.118. The molecule has 178 valence electrons. The highest BCUT2D eigenvalue weighted by molar-refractivity contribution is 7.17. The molecular weight excluding hydrogens is 466 g/mol. The molecule has 0 bridgehead atoms. The number of benzene rings is 2. The maximum atomic E-state index is 12.6. The van der Waals surface area contributed by atoms with E-state index < -0.39 is 5.97 Å². The Balaban J connectivity index is 1.17. The van der Waals surface area contributed by atoms with Crippen LogP contribution in [0.1, 0.15) is 39.5 Å². The minimum Gasteiger partial charge on any atom is -0.484 e. The number of esters is 1. The van der Waals surface area contributed by atoms with Gasteiger partial charge in [0.2, 0.25) is 0 Å². The van der Waals surface area contributed by atoms with Crippen LogP contribution in [0, 0.1) is 0 Å². The van der Waals surface area contributed by atoms with E-state index in [4.69, 9.17) is 9.47 Å². The molecular formula is C26H23N3O5S. The number of nitrogens with zero attached hydrogens (tertiary/aromatic N) is 2. The van der Waals surface area contributed by atoms with Gasteiger partial charge in [-0.3, -0.25) is 14.0 Å². The van der Waals surface area contributed by atoms with Crippen LogP contribution >= 0.6 is 11.3 Å². The molecule has 1 aliphatic carbocycles. The standard InChI is InChI=1S/C26H23N3O5S/c30-23(16-33-20-6-2-1-3-7-20)27-18-12-10-17(11-13-18)25(32)34-15-19-14-24(31)29-21-8-4-5-9-22(21)35-26(29)28-19/h1-3,6-7,10-14H,4-5,8-9,15-16H2,(H,27,30). The molecule has 0 spiro atoms. The van der Waals surface area contributed by atoms with Crippen molar-refractivity contribution < 1.29 is 19.1 Å². The summed E-state index contributed by atoms with van der Waals surface area (Å²) in [5, 5.41) is 2.72. The number of carbonyl (C=O) groups excluding carboxylic acids is 2. The van der Waals surface area contributed by atoms with E-state index in [2.05, 4.69) is 10.3 Å². The van der Waals surface area contributed by atoms with Crippen molar-refractivity contribution in [2.75, 3.05) is 11.9 Å². The Morgan fingerprint density at radius 3 is 2.60 bits per heavy atom. The molecule has 5 rings (SSSR count). The fraction of sp³-hybridized carbons (Fsp3) is 0.231. The predicted octanol–water partition coefficient (Wildman–Crippen LogP) is 4.01. The molecule has 0 saturated heterocycles. The van der Waals surface area contributed by atoms with Crippen molar-refractivity contribution in [1.29, 1.82) is 0 Å². The average Bonchev–Trinajstić information content (AvgIpc) is 3.26. The van der Waals surface area contributed by atoms with Crippen LogP contribution in [0.4, 0.5) is 5.69 Å². The highest BCUT2D eigenvalue weighted by Gasteiger charge is 2.19. The van der Waals surface area contributed by atoms with Gasteiger partial charge < -0.3 is 14.8 Å². The monoisotopic (exact) mass is 489 g/mol. The number of amides is 1. The summed E-state index contributed by atoms with van der Waals surface area (Å²) in [6, 6.07) is 16.8. The SMILES string of the molecule is O=C(COc1ccccc1)Nc1ccc(C(=O)OCc2cc(=O)n3c4c(sc3n2)CCCC4)cc1. The normalized spacial score (nSPS) is 12.7. The number of fused-ring (bicyclic) bond motifs is 3. The van der Waals surface area contributed by atoms with Gasteiger partial charge in [0.15, 0.2) is 11.6 Å². The van der Waals surface area contributed by atoms with Crippen LogP contribution in [0.25, 0.3) is 4.96 Å². The van der Waals surface area contributed by atoms with Gasteiger partial charge in [-0.1, -0.05) is 18.2 Å². The Hall–Kier alpha value is -3.98. The van der Waals surface area contributed by atoms with Gasteiger partial charge in [-0.05, 0) is 62.1 Å². The fourth-order valence-corrected chi connectivity index (χ4v) is 5.22. The Morgan fingerprint density at radius 2 is 1.80 bits per heavy atom. The summed E-state index contributed by atoms with van der Waals surface area (Å²) in [6.45, 7) is -0.221. The van der Waals surface area contributed by atoms with Crippen LogP contribution in [-0.4, -0.2) is 27.9 Å². The van der Waals surface area contributed by atoms with Crippen molar-refractivity contribution in [1.82, 2.24) is 9.38 Å². The summed E-state index contributed by atoms with van der Waals surface area (Å²) in [5.41, 5.74) is 2.20. The maximum Gasteiger partial charge on any atom is 0.338 e. The molecule has 35 heavy (non-hydrogen) atoms. The Bertz CT molecular complexity index is 1430. The van der Waals surface area contributed by atoms with Crippen LogP contribution in [-0.2, 0) is 29.0 Å². The first-order chi connectivity index (χ1) is 17.1. The van der Waals surface area contributed by atoms with Crippen LogP contribution in [0.2, 0.25) is 0 Å². The van der Waals surface area contributed by atoms with Crippen molar-refractivity contribution in [2.45, 2.75) is 32.3 Å². The third kappa shape index (κ3) is 5.25. The van der Waals surface area contributed by atoms with E-state index in [0.29, 0.717) is 27.7 Å². The molecule has 0 saturated carbocycles. The lowest BCUT2D eigenvalue weighted by Crippen LogP contribution is -2.20. The molecule has 2 aromatic heterocycles. The molecule has 2 heterocycles. The number of nitrogens with one attached hydrogen (secondary N) is 1. The minimum absolute atomic E-state index is 0.0948. The van der Waals surface area contributed by atoms with Gasteiger partial charge in [0.25, 0.3) is 11.5 Å². The van der Waals surface area contributed by atoms with Crippen LogP contribution in [0.5, 0.6) is 5.75 Å². The molecule has 1 N–H and O–H groups in total. The number of aromatic nitrogens is 2. The van der Waals surface area contributed by atoms with Gasteiger partial charge in [-0.15, -0.1) is 11.3 Å². The first-order valence-corrected chi connectivity index (χ1v) is 12.2. The highest BCUT2D eigenvalue weighted by atomic mass is 32.1. The molecule has 2 aromatic carbocycles. The number of thiazole rings is 1. The lowest BCUT2D eigenvalue weighted by Gasteiger charge is -2.10. The van der Waals surface area contributed by atoms with Gasteiger partial charge in [-0.2, -0.15) is 0 Å². The largest absolute Gasteiger partial charge is 0.484 e. The molecule has 4 aromatic rings. The van der Waals surface area contributed by atoms with E-state index in [1.807, 2.05) is 18.2 Å². The zero-order valence-electron chi connectivity index (χ0n) is 18.9. The molecule has 0 fully saturated rings. The van der Waals surface area contributed by atoms with E-state index in [1.165, 1.54) is 22.3 Å². The van der Waals surface area contributed by atoms with E-state index >= 15 is 0 Å². The van der Waals surface area contributed by atoms with Crippen LogP contribution in [0.15, 0.2) is 65.5 Å². The Labute approximate surface area is 205 Å². The number of ether oxygens (including phenoxy) is 2. The molecule has 0 radical (unpaired) electrons. The van der Waals surface area contributed by atoms with E-state index in [1.54, 1.807) is 40.8 Å². The zero-order chi connectivity index (χ0) is 24.2. The number of hydrogen-bond donors (Lipinski definition) is 1. The quantitative estimate of drug-likeness (QED) is 0.394. The smallest absolute Gasteiger partial charge is 0.338 e. The number of rotatable bonds is 7. The number of anilines is 1. The lowest BCUT2D eigenvalue weighted by atomic mass is 10.0. The summed E-state index contributed by atoms with van der Waals surface area (Å²) < 4.78 is 12.5. The fourth-order valence-electron chi connectivity index (χ4n) is 3.99. The second kappa shape index (κ2) is 10.1. The van der Waals surface area contributed by atoms with Crippen molar-refractivity contribution in [3.8, 4) is 5.75 Å². The molecule has 9 heteroatoms. The summed E-state index contributed by atoms with van der Waals surface area (Å²) in [4.78, 5) is 43.6.